The minimum Gasteiger partial charge on any atom is -0.378 e. The van der Waals surface area contributed by atoms with E-state index in [4.69, 9.17) is 5.73 Å². The van der Waals surface area contributed by atoms with Crippen molar-refractivity contribution < 1.29 is 9.69 Å². The number of nitrogens with one attached hydrogen (secondary N) is 1. The van der Waals surface area contributed by atoms with Gasteiger partial charge in [0.05, 0.1) is 7.05 Å². The average Bonchev–Trinajstić information content (AvgIpc) is 2.28. The number of nitrogens with two attached hydrogens (primary N) is 1. The molecule has 0 saturated heterocycles. The van der Waals surface area contributed by atoms with E-state index in [1.54, 1.807) is 0 Å². The van der Waals surface area contributed by atoms with Crippen molar-refractivity contribution in [1.82, 2.24) is 0 Å². The fraction of sp³-hybridized carbons (Fsp3) is 0.462. The number of benzene rings is 1. The molecule has 0 bridgehead atoms. The lowest BCUT2D eigenvalue weighted by atomic mass is 10.1. The van der Waals surface area contributed by atoms with Crippen molar-refractivity contribution in [3.63, 3.8) is 0 Å². The zero-order valence-corrected chi connectivity index (χ0v) is 11.0. The number of quaternary nitrogens is 1. The summed E-state index contributed by atoms with van der Waals surface area (Å²) in [7, 11) is 6.01. The van der Waals surface area contributed by atoms with Gasteiger partial charge in [0.15, 0.2) is 6.04 Å². The molecule has 2 atom stereocenters. The Kier molecular flexibility index (Phi) is 4.52. The SMILES string of the molecule is C[C@H](C(N)=O)[NH+](C)Cc1ccc(N(C)C)cc1. The van der Waals surface area contributed by atoms with E-state index in [1.165, 1.54) is 11.3 Å². The van der Waals surface area contributed by atoms with Crippen molar-refractivity contribution in [2.45, 2.75) is 19.5 Å². The molecule has 0 aromatic heterocycles. The maximum Gasteiger partial charge on any atom is 0.275 e. The Bertz CT molecular complexity index is 373. The van der Waals surface area contributed by atoms with Crippen molar-refractivity contribution in [1.29, 1.82) is 0 Å². The molecule has 0 fully saturated rings. The van der Waals surface area contributed by atoms with Gasteiger partial charge in [-0.05, 0) is 19.1 Å². The average molecular weight is 236 g/mol. The van der Waals surface area contributed by atoms with E-state index in [-0.39, 0.29) is 11.9 Å². The molecule has 0 radical (unpaired) electrons. The molecule has 0 heterocycles. The Labute approximate surface area is 103 Å². The van der Waals surface area contributed by atoms with Crippen LogP contribution in [0.3, 0.4) is 0 Å². The Hall–Kier alpha value is -1.55. The predicted octanol–water partition coefficient (Wildman–Crippen LogP) is -0.359. The monoisotopic (exact) mass is 236 g/mol. The first-order valence-electron chi connectivity index (χ1n) is 5.79. The van der Waals surface area contributed by atoms with Crippen molar-refractivity contribution in [2.75, 3.05) is 26.0 Å². The Morgan fingerprint density at radius 2 is 1.88 bits per heavy atom. The van der Waals surface area contributed by atoms with Gasteiger partial charge in [0.25, 0.3) is 5.91 Å². The largest absolute Gasteiger partial charge is 0.378 e. The van der Waals surface area contributed by atoms with E-state index in [2.05, 4.69) is 29.2 Å². The summed E-state index contributed by atoms with van der Waals surface area (Å²) in [5.74, 6) is -0.257. The van der Waals surface area contributed by atoms with Gasteiger partial charge in [0, 0.05) is 25.3 Å². The molecule has 94 valence electrons. The van der Waals surface area contributed by atoms with Crippen molar-refractivity contribution in [3.8, 4) is 0 Å². The molecule has 0 saturated carbocycles. The first-order valence-corrected chi connectivity index (χ1v) is 5.79. The molecule has 0 aliphatic rings. The van der Waals surface area contributed by atoms with Gasteiger partial charge in [0.2, 0.25) is 0 Å². The summed E-state index contributed by atoms with van der Waals surface area (Å²) in [6, 6.07) is 8.18. The third-order valence-corrected chi connectivity index (χ3v) is 3.10. The fourth-order valence-corrected chi connectivity index (χ4v) is 1.63. The molecule has 1 amide bonds. The highest BCUT2D eigenvalue weighted by atomic mass is 16.1. The second kappa shape index (κ2) is 5.68. The lowest BCUT2D eigenvalue weighted by molar-refractivity contribution is -0.908. The summed E-state index contributed by atoms with van der Waals surface area (Å²) in [5, 5.41) is 0. The van der Waals surface area contributed by atoms with Gasteiger partial charge < -0.3 is 15.5 Å². The highest BCUT2D eigenvalue weighted by Gasteiger charge is 2.18. The molecule has 4 nitrogen and oxygen atoms in total. The van der Waals surface area contributed by atoms with Gasteiger partial charge in [-0.3, -0.25) is 4.79 Å². The van der Waals surface area contributed by atoms with Gasteiger partial charge in [0.1, 0.15) is 6.54 Å². The lowest BCUT2D eigenvalue weighted by Gasteiger charge is -2.19. The molecular weight excluding hydrogens is 214 g/mol. The highest BCUT2D eigenvalue weighted by molar-refractivity contribution is 5.77. The first kappa shape index (κ1) is 13.5. The van der Waals surface area contributed by atoms with Gasteiger partial charge >= 0.3 is 0 Å². The molecule has 1 aromatic rings. The van der Waals surface area contributed by atoms with Gasteiger partial charge in [-0.25, -0.2) is 0 Å². The molecule has 17 heavy (non-hydrogen) atoms. The van der Waals surface area contributed by atoms with Crippen LogP contribution in [0, 0.1) is 0 Å². The van der Waals surface area contributed by atoms with Crippen LogP contribution < -0.4 is 15.5 Å². The quantitative estimate of drug-likeness (QED) is 0.733. The number of carbonyl (C=O) groups excluding carboxylic acids is 1. The van der Waals surface area contributed by atoms with Crippen LogP contribution in [0.2, 0.25) is 0 Å². The second-order valence-corrected chi connectivity index (χ2v) is 4.71. The lowest BCUT2D eigenvalue weighted by Crippen LogP contribution is -3.12. The van der Waals surface area contributed by atoms with Crippen LogP contribution in [0.1, 0.15) is 12.5 Å². The third-order valence-electron chi connectivity index (χ3n) is 3.10. The van der Waals surface area contributed by atoms with Crippen LogP contribution in [0.25, 0.3) is 0 Å². The Morgan fingerprint density at radius 3 is 2.29 bits per heavy atom. The van der Waals surface area contributed by atoms with Gasteiger partial charge in [-0.15, -0.1) is 0 Å². The Morgan fingerprint density at radius 1 is 1.35 bits per heavy atom. The van der Waals surface area contributed by atoms with E-state index in [9.17, 15) is 4.79 Å². The van der Waals surface area contributed by atoms with Gasteiger partial charge in [-0.2, -0.15) is 0 Å². The fourth-order valence-electron chi connectivity index (χ4n) is 1.63. The van der Waals surface area contributed by atoms with Crippen molar-refractivity contribution in [2.24, 2.45) is 5.73 Å². The molecule has 1 aromatic carbocycles. The van der Waals surface area contributed by atoms with E-state index in [1.807, 2.05) is 28.1 Å². The van der Waals surface area contributed by atoms with Gasteiger partial charge in [-0.1, -0.05) is 12.1 Å². The van der Waals surface area contributed by atoms with Crippen LogP contribution in [0.5, 0.6) is 0 Å². The standard InChI is InChI=1S/C13H21N3O/c1-10(13(14)17)16(4)9-11-5-7-12(8-6-11)15(2)3/h5-8,10H,9H2,1-4H3,(H2,14,17)/p+1/t10-/m1/s1. The van der Waals surface area contributed by atoms with Crippen LogP contribution in [0.15, 0.2) is 24.3 Å². The highest BCUT2D eigenvalue weighted by Crippen LogP contribution is 2.11. The number of nitrogens with zero attached hydrogens (tertiary/aromatic N) is 1. The van der Waals surface area contributed by atoms with E-state index < -0.39 is 0 Å². The number of anilines is 1. The molecule has 0 aliphatic carbocycles. The predicted molar refractivity (Wildman–Crippen MR) is 70.0 cm³/mol. The van der Waals surface area contributed by atoms with Crippen molar-refractivity contribution in [3.05, 3.63) is 29.8 Å². The maximum atomic E-state index is 11.1. The number of rotatable bonds is 5. The molecule has 0 aliphatic heterocycles. The van der Waals surface area contributed by atoms with Crippen LogP contribution in [0.4, 0.5) is 5.69 Å². The summed E-state index contributed by atoms with van der Waals surface area (Å²) in [5.41, 5.74) is 7.67. The van der Waals surface area contributed by atoms with E-state index in [0.29, 0.717) is 0 Å². The first-order chi connectivity index (χ1) is 7.91. The summed E-state index contributed by atoms with van der Waals surface area (Å²) in [4.78, 5) is 14.2. The number of primary amides is 1. The number of carbonyl (C=O) groups is 1. The summed E-state index contributed by atoms with van der Waals surface area (Å²) in [6.07, 6.45) is 0. The minimum absolute atomic E-state index is 0.163. The summed E-state index contributed by atoms with van der Waals surface area (Å²) in [6.45, 7) is 2.66. The molecule has 1 rings (SSSR count). The number of hydrogen-bond acceptors (Lipinski definition) is 2. The molecule has 3 N–H and O–H groups in total. The smallest absolute Gasteiger partial charge is 0.275 e. The molecule has 1 unspecified atom stereocenters. The second-order valence-electron chi connectivity index (χ2n) is 4.71. The number of hydrogen-bond donors (Lipinski definition) is 2. The van der Waals surface area contributed by atoms with E-state index in [0.717, 1.165) is 11.4 Å². The molecule has 4 heteroatoms. The van der Waals surface area contributed by atoms with Crippen LogP contribution >= 0.6 is 0 Å². The van der Waals surface area contributed by atoms with E-state index >= 15 is 0 Å². The topological polar surface area (TPSA) is 50.8 Å². The molecular formula is C13H22N3O+. The normalized spacial score (nSPS) is 14.1. The van der Waals surface area contributed by atoms with Crippen LogP contribution in [-0.2, 0) is 11.3 Å². The molecule has 0 spiro atoms. The number of amides is 1. The zero-order chi connectivity index (χ0) is 13.0. The van der Waals surface area contributed by atoms with Crippen molar-refractivity contribution >= 4 is 11.6 Å². The third kappa shape index (κ3) is 3.75. The minimum atomic E-state index is -0.257. The maximum absolute atomic E-state index is 11.1. The summed E-state index contributed by atoms with van der Waals surface area (Å²) >= 11 is 0. The Balaban J connectivity index is 2.66. The van der Waals surface area contributed by atoms with Crippen LogP contribution in [-0.4, -0.2) is 33.1 Å². The number of likely N-dealkylation sites (N-methyl/N-ethyl adjacent to an activating group) is 1. The zero-order valence-electron chi connectivity index (χ0n) is 11.0. The summed E-state index contributed by atoms with van der Waals surface area (Å²) < 4.78 is 0.